The number of aryl methyl sites for hydroxylation is 3. The lowest BCUT2D eigenvalue weighted by Crippen LogP contribution is -2.35. The number of aromatic nitrogens is 1. The van der Waals surface area contributed by atoms with Crippen LogP contribution in [-0.4, -0.2) is 36.3 Å². The average molecular weight is 458 g/mol. The van der Waals surface area contributed by atoms with Gasteiger partial charge < -0.3 is 4.57 Å². The van der Waals surface area contributed by atoms with Crippen LogP contribution in [0.2, 0.25) is 0 Å². The van der Waals surface area contributed by atoms with Crippen LogP contribution in [0.5, 0.6) is 0 Å². The van der Waals surface area contributed by atoms with Gasteiger partial charge in [-0.05, 0) is 69.0 Å². The van der Waals surface area contributed by atoms with Crippen LogP contribution in [0, 0.1) is 13.8 Å². The number of carbonyl (C=O) groups excluding carboxylic acids is 1. The molecule has 3 aromatic rings. The molecule has 2 heterocycles. The molecule has 0 atom stereocenters. The summed E-state index contributed by atoms with van der Waals surface area (Å²) in [4.78, 5) is 18.1. The molecule has 164 valence electrons. The van der Waals surface area contributed by atoms with Crippen molar-refractivity contribution in [3.63, 3.8) is 0 Å². The van der Waals surface area contributed by atoms with E-state index in [9.17, 15) is 13.2 Å². The Balaban J connectivity index is 1.67. The monoisotopic (exact) mass is 457 g/mol. The first-order valence-corrected chi connectivity index (χ1v) is 12.9. The molecule has 4 rings (SSSR count). The van der Waals surface area contributed by atoms with E-state index in [1.807, 2.05) is 6.92 Å². The van der Waals surface area contributed by atoms with Crippen molar-refractivity contribution in [2.24, 2.45) is 4.99 Å². The van der Waals surface area contributed by atoms with Gasteiger partial charge >= 0.3 is 0 Å². The molecule has 1 aromatic heterocycles. The summed E-state index contributed by atoms with van der Waals surface area (Å²) in [5.74, 6) is -0.369. The number of nitrogens with zero attached hydrogens (tertiary/aromatic N) is 3. The number of thiazole rings is 1. The van der Waals surface area contributed by atoms with Crippen LogP contribution in [0.25, 0.3) is 10.2 Å². The maximum Gasteiger partial charge on any atom is 0.279 e. The Morgan fingerprint density at radius 1 is 1.00 bits per heavy atom. The minimum atomic E-state index is -3.51. The third-order valence-electron chi connectivity index (χ3n) is 5.79. The molecule has 0 N–H and O–H groups in total. The number of sulfonamides is 1. The first-order chi connectivity index (χ1) is 14.8. The zero-order valence-electron chi connectivity index (χ0n) is 18.1. The highest BCUT2D eigenvalue weighted by atomic mass is 32.2. The van der Waals surface area contributed by atoms with Gasteiger partial charge in [-0.3, -0.25) is 4.79 Å². The van der Waals surface area contributed by atoms with Crippen LogP contribution in [0.15, 0.2) is 46.3 Å². The maximum atomic E-state index is 12.9. The summed E-state index contributed by atoms with van der Waals surface area (Å²) in [5.41, 5.74) is 3.81. The molecule has 0 radical (unpaired) electrons. The predicted octanol–water partition coefficient (Wildman–Crippen LogP) is 4.26. The Hall–Kier alpha value is -2.29. The van der Waals surface area contributed by atoms with Crippen molar-refractivity contribution in [3.05, 3.63) is 57.9 Å². The van der Waals surface area contributed by atoms with E-state index in [4.69, 9.17) is 0 Å². The van der Waals surface area contributed by atoms with Gasteiger partial charge in [0.05, 0.1) is 15.1 Å². The largest absolute Gasteiger partial charge is 0.316 e. The number of fused-ring (bicyclic) bond motifs is 1. The van der Waals surface area contributed by atoms with Gasteiger partial charge in [0.2, 0.25) is 10.0 Å². The zero-order chi connectivity index (χ0) is 22.2. The van der Waals surface area contributed by atoms with Crippen molar-refractivity contribution >= 4 is 37.5 Å². The van der Waals surface area contributed by atoms with Gasteiger partial charge in [0.15, 0.2) is 4.80 Å². The summed E-state index contributed by atoms with van der Waals surface area (Å²) < 4.78 is 30.4. The summed E-state index contributed by atoms with van der Waals surface area (Å²) in [7, 11) is -3.51. The van der Waals surface area contributed by atoms with Gasteiger partial charge in [-0.1, -0.05) is 29.9 Å². The smallest absolute Gasteiger partial charge is 0.279 e. The molecule has 31 heavy (non-hydrogen) atoms. The number of rotatable bonds is 4. The number of piperidine rings is 1. The number of hydrogen-bond donors (Lipinski definition) is 0. The minimum absolute atomic E-state index is 0.225. The van der Waals surface area contributed by atoms with Crippen LogP contribution in [0.1, 0.15) is 47.7 Å². The van der Waals surface area contributed by atoms with E-state index in [2.05, 4.69) is 35.5 Å². The Labute approximate surface area is 186 Å². The molecule has 0 saturated carbocycles. The molecular formula is C23H27N3O3S2. The predicted molar refractivity (Wildman–Crippen MR) is 124 cm³/mol. The molecule has 6 nitrogen and oxygen atoms in total. The third-order valence-corrected chi connectivity index (χ3v) is 8.92. The van der Waals surface area contributed by atoms with E-state index < -0.39 is 10.0 Å². The van der Waals surface area contributed by atoms with E-state index in [-0.39, 0.29) is 10.8 Å². The molecule has 1 fully saturated rings. The van der Waals surface area contributed by atoms with E-state index >= 15 is 0 Å². The number of carbonyl (C=O) groups is 1. The highest BCUT2D eigenvalue weighted by Gasteiger charge is 2.26. The molecule has 1 amide bonds. The number of benzene rings is 2. The van der Waals surface area contributed by atoms with Crippen molar-refractivity contribution < 1.29 is 13.2 Å². The SMILES string of the molecule is CCn1c(=NC(=O)c2ccc(S(=O)(=O)N3CCCCC3)cc2)sc2c(C)ccc(C)c21. The molecule has 0 unspecified atom stereocenters. The lowest BCUT2D eigenvalue weighted by Gasteiger charge is -2.25. The van der Waals surface area contributed by atoms with Gasteiger partial charge in [0, 0.05) is 25.2 Å². The highest BCUT2D eigenvalue weighted by Crippen LogP contribution is 2.25. The van der Waals surface area contributed by atoms with E-state index in [1.54, 1.807) is 12.1 Å². The first kappa shape index (κ1) is 21.9. The minimum Gasteiger partial charge on any atom is -0.316 e. The summed E-state index contributed by atoms with van der Waals surface area (Å²) in [5, 5.41) is 0. The second kappa shape index (κ2) is 8.68. The van der Waals surface area contributed by atoms with Crippen molar-refractivity contribution in [1.29, 1.82) is 0 Å². The van der Waals surface area contributed by atoms with Gasteiger partial charge in [0.1, 0.15) is 0 Å². The fourth-order valence-corrected chi connectivity index (χ4v) is 6.78. The van der Waals surface area contributed by atoms with Crippen LogP contribution in [0.4, 0.5) is 0 Å². The van der Waals surface area contributed by atoms with Crippen molar-refractivity contribution in [1.82, 2.24) is 8.87 Å². The van der Waals surface area contributed by atoms with Crippen molar-refractivity contribution in [3.8, 4) is 0 Å². The molecular weight excluding hydrogens is 430 g/mol. The van der Waals surface area contributed by atoms with Crippen LogP contribution in [-0.2, 0) is 16.6 Å². The van der Waals surface area contributed by atoms with E-state index in [1.165, 1.54) is 27.8 Å². The van der Waals surface area contributed by atoms with Gasteiger partial charge in [-0.15, -0.1) is 0 Å². The lowest BCUT2D eigenvalue weighted by atomic mass is 10.1. The topological polar surface area (TPSA) is 71.7 Å². The fraction of sp³-hybridized carbons (Fsp3) is 0.391. The Morgan fingerprint density at radius 2 is 1.65 bits per heavy atom. The molecule has 0 spiro atoms. The molecule has 1 saturated heterocycles. The quantitative estimate of drug-likeness (QED) is 0.588. The van der Waals surface area contributed by atoms with Crippen LogP contribution >= 0.6 is 11.3 Å². The van der Waals surface area contributed by atoms with Crippen molar-refractivity contribution in [2.75, 3.05) is 13.1 Å². The van der Waals surface area contributed by atoms with Gasteiger partial charge in [-0.25, -0.2) is 8.42 Å². The maximum absolute atomic E-state index is 12.9. The molecule has 8 heteroatoms. The standard InChI is InChI=1S/C23H27N3O3S2/c1-4-26-20-16(2)8-9-17(3)21(20)30-23(26)24-22(27)18-10-12-19(13-11-18)31(28,29)25-14-6-5-7-15-25/h8-13H,4-7,14-15H2,1-3H3. The normalized spacial score (nSPS) is 16.2. The fourth-order valence-electron chi connectivity index (χ4n) is 4.03. The summed E-state index contributed by atoms with van der Waals surface area (Å²) in [6, 6.07) is 10.3. The Kier molecular flexibility index (Phi) is 6.14. The number of amides is 1. The first-order valence-electron chi connectivity index (χ1n) is 10.6. The van der Waals surface area contributed by atoms with Gasteiger partial charge in [-0.2, -0.15) is 9.30 Å². The molecule has 1 aliphatic rings. The number of hydrogen-bond acceptors (Lipinski definition) is 4. The van der Waals surface area contributed by atoms with E-state index in [0.29, 0.717) is 30.0 Å². The second-order valence-corrected chi connectivity index (χ2v) is 10.8. The average Bonchev–Trinajstić information content (AvgIpc) is 3.16. The molecule has 2 aromatic carbocycles. The van der Waals surface area contributed by atoms with Crippen molar-refractivity contribution in [2.45, 2.75) is 51.5 Å². The Bertz CT molecular complexity index is 1300. The molecule has 0 bridgehead atoms. The summed E-state index contributed by atoms with van der Waals surface area (Å²) >= 11 is 1.51. The van der Waals surface area contributed by atoms with E-state index in [0.717, 1.165) is 40.6 Å². The van der Waals surface area contributed by atoms with Gasteiger partial charge in [0.25, 0.3) is 5.91 Å². The summed E-state index contributed by atoms with van der Waals surface area (Å²) in [6.45, 7) is 7.99. The molecule has 0 aliphatic carbocycles. The van der Waals surface area contributed by atoms with Crippen LogP contribution < -0.4 is 4.80 Å². The zero-order valence-corrected chi connectivity index (χ0v) is 19.7. The summed E-state index contributed by atoms with van der Waals surface area (Å²) in [6.07, 6.45) is 2.84. The van der Waals surface area contributed by atoms with Crippen LogP contribution in [0.3, 0.4) is 0 Å². The second-order valence-electron chi connectivity index (χ2n) is 7.91. The highest BCUT2D eigenvalue weighted by molar-refractivity contribution is 7.89. The Morgan fingerprint density at radius 3 is 2.29 bits per heavy atom. The lowest BCUT2D eigenvalue weighted by molar-refractivity contribution is 0.0997. The molecule has 1 aliphatic heterocycles. The third kappa shape index (κ3) is 4.12.